The first kappa shape index (κ1) is 28.8. The van der Waals surface area contributed by atoms with Crippen LogP contribution in [0.4, 0.5) is 4.39 Å². The highest BCUT2D eigenvalue weighted by Crippen LogP contribution is 2.50. The molecule has 1 amide bonds. The van der Waals surface area contributed by atoms with E-state index in [0.29, 0.717) is 38.1 Å². The van der Waals surface area contributed by atoms with Crippen LogP contribution in [0.2, 0.25) is 0 Å². The number of piperazine rings is 1. The van der Waals surface area contributed by atoms with Crippen molar-refractivity contribution >= 4 is 5.91 Å². The molecule has 1 spiro atoms. The average Bonchev–Trinajstić information content (AvgIpc) is 3.39. The van der Waals surface area contributed by atoms with E-state index >= 15 is 0 Å². The van der Waals surface area contributed by atoms with Gasteiger partial charge in [0.15, 0.2) is 6.35 Å². The number of halogens is 1. The van der Waals surface area contributed by atoms with Crippen LogP contribution in [0, 0.1) is 28.5 Å². The predicted octanol–water partition coefficient (Wildman–Crippen LogP) is 3.00. The Morgan fingerprint density at radius 2 is 2.12 bits per heavy atom. The number of nitrogens with zero attached hydrogens (tertiary/aromatic N) is 4. The molecule has 2 aliphatic carbocycles. The fourth-order valence-electron chi connectivity index (χ4n) is 8.48. The van der Waals surface area contributed by atoms with E-state index in [1.165, 1.54) is 18.1 Å². The van der Waals surface area contributed by atoms with Crippen LogP contribution in [-0.4, -0.2) is 91.1 Å². The van der Waals surface area contributed by atoms with Crippen LogP contribution in [0.5, 0.6) is 0 Å². The topological polar surface area (TPSA) is 83.9 Å². The van der Waals surface area contributed by atoms with Crippen LogP contribution in [0.15, 0.2) is 30.9 Å². The number of rotatable bonds is 6. The van der Waals surface area contributed by atoms with Crippen LogP contribution in [0.3, 0.4) is 0 Å². The number of benzene rings is 1. The highest BCUT2D eigenvalue weighted by atomic mass is 19.1. The van der Waals surface area contributed by atoms with Crippen molar-refractivity contribution in [3.05, 3.63) is 47.8 Å². The number of nitriles is 1. The molecule has 9 heteroatoms. The first-order valence-electron chi connectivity index (χ1n) is 15.5. The minimum absolute atomic E-state index is 0.0579. The number of carbonyl (C=O) groups excluding carboxylic acids is 1. The number of fused-ring (bicyclic) bond motifs is 2. The van der Waals surface area contributed by atoms with Gasteiger partial charge in [-0.25, -0.2) is 4.39 Å². The van der Waals surface area contributed by atoms with Crippen LogP contribution < -0.4 is 10.6 Å². The van der Waals surface area contributed by atoms with Gasteiger partial charge in [0, 0.05) is 37.6 Å². The molecule has 0 bridgehead atoms. The van der Waals surface area contributed by atoms with Gasteiger partial charge >= 0.3 is 0 Å². The summed E-state index contributed by atoms with van der Waals surface area (Å²) in [6.07, 6.45) is 9.89. The van der Waals surface area contributed by atoms with Gasteiger partial charge in [0.1, 0.15) is 5.82 Å². The molecule has 3 heterocycles. The lowest BCUT2D eigenvalue weighted by atomic mass is 9.59. The van der Waals surface area contributed by atoms with Gasteiger partial charge in [-0.1, -0.05) is 18.7 Å². The molecule has 3 saturated heterocycles. The van der Waals surface area contributed by atoms with Gasteiger partial charge in [-0.2, -0.15) is 5.26 Å². The summed E-state index contributed by atoms with van der Waals surface area (Å²) in [5.74, 6) is 0.224. The molecule has 4 unspecified atom stereocenters. The lowest BCUT2D eigenvalue weighted by Gasteiger charge is -2.56. The zero-order chi connectivity index (χ0) is 28.6. The fourth-order valence-corrected chi connectivity index (χ4v) is 8.48. The van der Waals surface area contributed by atoms with Gasteiger partial charge in [-0.15, -0.1) is 0 Å². The average molecular weight is 565 g/mol. The SMILES string of the molecule is C=CC(=O)N1CCN(C2NC(OC[C@H]3CCCN3C)NC3C[C@@]4(CCc5c(F)cccc5C4)CCC32)C[C@H]1CC#N. The standard InChI is InChI=1S/C32H45FN6O2/c1-3-29(40)39-17-16-38(20-23(39)11-14-34)30-26-10-13-32(12-9-25-22(18-32)6-4-8-27(25)33)19-28(26)35-31(36-30)41-21-24-7-5-15-37(24)2/h3-4,6,8,23-24,26,28,30-31,35-36H,1,5,7,9-13,15-21H2,2H3/t23-,24-,26?,28?,30?,31?,32+/m1/s1. The summed E-state index contributed by atoms with van der Waals surface area (Å²) in [6.45, 7) is 7.46. The van der Waals surface area contributed by atoms with Crippen molar-refractivity contribution in [3.63, 3.8) is 0 Å². The highest BCUT2D eigenvalue weighted by Gasteiger charge is 2.50. The maximum absolute atomic E-state index is 14.5. The summed E-state index contributed by atoms with van der Waals surface area (Å²) in [7, 11) is 2.18. The maximum Gasteiger partial charge on any atom is 0.246 e. The third kappa shape index (κ3) is 5.82. The zero-order valence-electron chi connectivity index (χ0n) is 24.4. The van der Waals surface area contributed by atoms with E-state index in [1.807, 2.05) is 11.0 Å². The molecule has 6 rings (SSSR count). The Morgan fingerprint density at radius 3 is 2.90 bits per heavy atom. The normalized spacial score (nSPS) is 36.0. The third-order valence-electron chi connectivity index (χ3n) is 10.8. The molecule has 1 aromatic carbocycles. The number of likely N-dealkylation sites (N-methyl/N-ethyl adjacent to an activating group) is 1. The lowest BCUT2D eigenvalue weighted by Crippen LogP contribution is -2.72. The van der Waals surface area contributed by atoms with Crippen LogP contribution >= 0.6 is 0 Å². The molecule has 2 N–H and O–H groups in total. The predicted molar refractivity (Wildman–Crippen MR) is 155 cm³/mol. The monoisotopic (exact) mass is 564 g/mol. The minimum atomic E-state index is -0.263. The van der Waals surface area contributed by atoms with Crippen LogP contribution in [0.1, 0.15) is 56.1 Å². The van der Waals surface area contributed by atoms with Gasteiger partial charge in [-0.05, 0) is 93.6 Å². The molecule has 41 heavy (non-hydrogen) atoms. The summed E-state index contributed by atoms with van der Waals surface area (Å²) in [6, 6.07) is 8.43. The van der Waals surface area contributed by atoms with E-state index < -0.39 is 0 Å². The third-order valence-corrected chi connectivity index (χ3v) is 10.8. The molecule has 3 aliphatic heterocycles. The van der Waals surface area contributed by atoms with Crippen molar-refractivity contribution in [1.29, 1.82) is 5.26 Å². The molecule has 1 aromatic rings. The zero-order valence-corrected chi connectivity index (χ0v) is 24.4. The van der Waals surface area contributed by atoms with Gasteiger partial charge < -0.3 is 14.5 Å². The Labute approximate surface area is 243 Å². The first-order valence-corrected chi connectivity index (χ1v) is 15.5. The lowest BCUT2D eigenvalue weighted by molar-refractivity contribution is -0.137. The molecule has 0 aromatic heterocycles. The van der Waals surface area contributed by atoms with E-state index in [-0.39, 0.29) is 41.7 Å². The number of hydrogen-bond donors (Lipinski definition) is 2. The quantitative estimate of drug-likeness (QED) is 0.514. The summed E-state index contributed by atoms with van der Waals surface area (Å²) in [5, 5.41) is 17.2. The Morgan fingerprint density at radius 1 is 1.24 bits per heavy atom. The number of ether oxygens (including phenoxy) is 1. The van der Waals surface area contributed by atoms with Crippen molar-refractivity contribution in [1.82, 2.24) is 25.3 Å². The maximum atomic E-state index is 14.5. The van der Waals surface area contributed by atoms with Gasteiger partial charge in [-0.3, -0.25) is 20.3 Å². The van der Waals surface area contributed by atoms with Crippen molar-refractivity contribution in [3.8, 4) is 6.07 Å². The summed E-state index contributed by atoms with van der Waals surface area (Å²) >= 11 is 0. The molecule has 1 saturated carbocycles. The molecular weight excluding hydrogens is 519 g/mol. The minimum Gasteiger partial charge on any atom is -0.348 e. The van der Waals surface area contributed by atoms with Crippen LogP contribution in [0.25, 0.3) is 0 Å². The van der Waals surface area contributed by atoms with Crippen LogP contribution in [-0.2, 0) is 22.4 Å². The Hall–Kier alpha value is -2.35. The van der Waals surface area contributed by atoms with Gasteiger partial charge in [0.25, 0.3) is 0 Å². The fraction of sp³-hybridized carbons (Fsp3) is 0.688. The Balaban J connectivity index is 1.21. The smallest absolute Gasteiger partial charge is 0.246 e. The number of hydrogen-bond acceptors (Lipinski definition) is 7. The second kappa shape index (κ2) is 12.1. The Kier molecular flexibility index (Phi) is 8.49. The molecule has 7 atom stereocenters. The second-order valence-electron chi connectivity index (χ2n) is 13.1. The molecule has 4 fully saturated rings. The van der Waals surface area contributed by atoms with Gasteiger partial charge in [0.05, 0.1) is 31.3 Å². The summed E-state index contributed by atoms with van der Waals surface area (Å²) in [4.78, 5) is 19.2. The summed E-state index contributed by atoms with van der Waals surface area (Å²) < 4.78 is 21.1. The van der Waals surface area contributed by atoms with Crippen molar-refractivity contribution in [2.75, 3.05) is 39.8 Å². The molecule has 8 nitrogen and oxygen atoms in total. The van der Waals surface area contributed by atoms with Gasteiger partial charge in [0.2, 0.25) is 5.91 Å². The van der Waals surface area contributed by atoms with Crippen molar-refractivity contribution in [2.24, 2.45) is 11.3 Å². The number of carbonyl (C=O) groups is 1. The van der Waals surface area contributed by atoms with E-state index in [2.05, 4.69) is 46.2 Å². The number of nitrogens with one attached hydrogen (secondary N) is 2. The Bertz CT molecular complexity index is 1170. The molecule has 0 radical (unpaired) electrons. The largest absolute Gasteiger partial charge is 0.348 e. The highest BCUT2D eigenvalue weighted by molar-refractivity contribution is 5.87. The summed E-state index contributed by atoms with van der Waals surface area (Å²) in [5.41, 5.74) is 2.26. The van der Waals surface area contributed by atoms with E-state index in [0.717, 1.165) is 63.6 Å². The van der Waals surface area contributed by atoms with Crippen molar-refractivity contribution in [2.45, 2.75) is 88.4 Å². The number of amides is 1. The van der Waals surface area contributed by atoms with Crippen molar-refractivity contribution < 1.29 is 13.9 Å². The molecular formula is C32H45FN6O2. The molecule has 222 valence electrons. The van der Waals surface area contributed by atoms with E-state index in [9.17, 15) is 14.4 Å². The molecule has 5 aliphatic rings. The first-order chi connectivity index (χ1) is 19.9. The van der Waals surface area contributed by atoms with E-state index in [1.54, 1.807) is 6.07 Å². The second-order valence-corrected chi connectivity index (χ2v) is 13.1. The van der Waals surface area contributed by atoms with E-state index in [4.69, 9.17) is 4.74 Å². The number of likely N-dealkylation sites (tertiary alicyclic amines) is 1.